The number of amides is 1. The Morgan fingerprint density at radius 1 is 1.10 bits per heavy atom. The molecule has 0 aliphatic rings. The van der Waals surface area contributed by atoms with Gasteiger partial charge < -0.3 is 4.74 Å². The number of hydrogen-bond donors (Lipinski definition) is 1. The zero-order chi connectivity index (χ0) is 21.5. The third-order valence-electron chi connectivity index (χ3n) is 3.73. The molecule has 3 aromatic rings. The van der Waals surface area contributed by atoms with E-state index in [2.05, 4.69) is 31.4 Å². The number of aromatic nitrogens is 1. The van der Waals surface area contributed by atoms with Gasteiger partial charge in [-0.1, -0.05) is 12.1 Å². The molecule has 0 atom stereocenters. The maximum absolute atomic E-state index is 12.2. The average Bonchev–Trinajstić information content (AvgIpc) is 2.74. The number of pyridine rings is 1. The molecule has 3 rings (SSSR count). The number of nitro benzene ring substituents is 1. The van der Waals surface area contributed by atoms with Crippen molar-refractivity contribution in [2.24, 2.45) is 5.10 Å². The molecule has 1 heterocycles. The second-order valence-corrected chi connectivity index (χ2v) is 6.77. The summed E-state index contributed by atoms with van der Waals surface area (Å²) in [6.45, 7) is 0. The molecule has 0 unspecified atom stereocenters. The maximum Gasteiger partial charge on any atom is 0.343 e. The minimum Gasteiger partial charge on any atom is -0.423 e. The fourth-order valence-electron chi connectivity index (χ4n) is 2.31. The molecule has 0 aliphatic heterocycles. The number of hydrogen-bond acceptors (Lipinski definition) is 7. The number of rotatable bonds is 6. The Morgan fingerprint density at radius 3 is 2.57 bits per heavy atom. The summed E-state index contributed by atoms with van der Waals surface area (Å²) in [5.74, 6) is -0.833. The van der Waals surface area contributed by atoms with Crippen LogP contribution in [0.2, 0.25) is 0 Å². The van der Waals surface area contributed by atoms with Crippen molar-refractivity contribution in [3.8, 4) is 5.75 Å². The number of esters is 1. The van der Waals surface area contributed by atoms with Crippen LogP contribution in [0.15, 0.2) is 76.6 Å². The number of non-ortho nitro benzene ring substituents is 1. The van der Waals surface area contributed by atoms with Crippen LogP contribution in [0.25, 0.3) is 0 Å². The molecule has 30 heavy (non-hydrogen) atoms. The van der Waals surface area contributed by atoms with Crippen LogP contribution in [0.1, 0.15) is 26.3 Å². The molecule has 0 spiro atoms. The van der Waals surface area contributed by atoms with E-state index in [9.17, 15) is 19.7 Å². The van der Waals surface area contributed by atoms with Crippen LogP contribution < -0.4 is 10.2 Å². The first-order chi connectivity index (χ1) is 14.4. The highest BCUT2D eigenvalue weighted by Gasteiger charge is 2.12. The molecule has 0 radical (unpaired) electrons. The standard InChI is InChI=1S/C20H13BrN4O5/c21-16-9-15(11-22-12-16)19(26)24-23-10-13-2-1-3-18(8-13)30-20(27)14-4-6-17(7-5-14)25(28)29/h1-12H,(H,24,26). The van der Waals surface area contributed by atoms with Crippen LogP contribution in [0, 0.1) is 10.1 Å². The maximum atomic E-state index is 12.2. The van der Waals surface area contributed by atoms with Crippen LogP contribution in [-0.2, 0) is 0 Å². The molecule has 10 heteroatoms. The molecule has 0 saturated carbocycles. The van der Waals surface area contributed by atoms with Crippen molar-refractivity contribution < 1.29 is 19.2 Å². The summed E-state index contributed by atoms with van der Waals surface area (Å²) < 4.78 is 5.95. The van der Waals surface area contributed by atoms with E-state index >= 15 is 0 Å². The van der Waals surface area contributed by atoms with Gasteiger partial charge in [0.1, 0.15) is 5.75 Å². The molecule has 1 N–H and O–H groups in total. The van der Waals surface area contributed by atoms with E-state index in [1.807, 2.05) is 0 Å². The number of ether oxygens (including phenoxy) is 1. The number of nitrogens with one attached hydrogen (secondary N) is 1. The Morgan fingerprint density at radius 2 is 1.87 bits per heavy atom. The van der Waals surface area contributed by atoms with Gasteiger partial charge in [0, 0.05) is 29.0 Å². The van der Waals surface area contributed by atoms with E-state index < -0.39 is 16.8 Å². The molecule has 1 aromatic heterocycles. The lowest BCUT2D eigenvalue weighted by Crippen LogP contribution is -2.17. The predicted octanol–water partition coefficient (Wildman–Crippen LogP) is 3.74. The van der Waals surface area contributed by atoms with Gasteiger partial charge in [-0.2, -0.15) is 5.10 Å². The molecule has 150 valence electrons. The highest BCUT2D eigenvalue weighted by Crippen LogP contribution is 2.17. The van der Waals surface area contributed by atoms with Crippen molar-refractivity contribution in [3.05, 3.63) is 98.3 Å². The van der Waals surface area contributed by atoms with Crippen LogP contribution in [0.4, 0.5) is 5.69 Å². The van der Waals surface area contributed by atoms with E-state index in [1.54, 1.807) is 36.5 Å². The number of benzene rings is 2. The van der Waals surface area contributed by atoms with E-state index in [-0.39, 0.29) is 17.0 Å². The summed E-state index contributed by atoms with van der Waals surface area (Å²) in [6, 6.07) is 13.2. The van der Waals surface area contributed by atoms with Gasteiger partial charge in [0.05, 0.1) is 22.3 Å². The molecule has 0 fully saturated rings. The lowest BCUT2D eigenvalue weighted by molar-refractivity contribution is -0.384. The molecular weight excluding hydrogens is 456 g/mol. The molecule has 1 amide bonds. The van der Waals surface area contributed by atoms with Crippen LogP contribution in [0.3, 0.4) is 0 Å². The highest BCUT2D eigenvalue weighted by atomic mass is 79.9. The van der Waals surface area contributed by atoms with E-state index in [0.717, 1.165) is 0 Å². The first-order valence-electron chi connectivity index (χ1n) is 8.43. The average molecular weight is 469 g/mol. The zero-order valence-electron chi connectivity index (χ0n) is 15.2. The second-order valence-electron chi connectivity index (χ2n) is 5.86. The van der Waals surface area contributed by atoms with Gasteiger partial charge in [0.25, 0.3) is 11.6 Å². The van der Waals surface area contributed by atoms with E-state index in [0.29, 0.717) is 15.6 Å². The Labute approximate surface area is 178 Å². The summed E-state index contributed by atoms with van der Waals surface area (Å²) in [7, 11) is 0. The first kappa shape index (κ1) is 20.8. The Bertz CT molecular complexity index is 1130. The normalized spacial score (nSPS) is 10.6. The fraction of sp³-hybridized carbons (Fsp3) is 0. The Hall–Kier alpha value is -3.92. The van der Waals surface area contributed by atoms with Gasteiger partial charge in [-0.15, -0.1) is 0 Å². The summed E-state index contributed by atoms with van der Waals surface area (Å²) >= 11 is 3.24. The van der Waals surface area contributed by atoms with Crippen LogP contribution in [-0.4, -0.2) is 28.0 Å². The third kappa shape index (κ3) is 5.55. The molecule has 9 nitrogen and oxygen atoms in total. The topological polar surface area (TPSA) is 124 Å². The molecule has 2 aromatic carbocycles. The fourth-order valence-corrected chi connectivity index (χ4v) is 2.67. The van der Waals surface area contributed by atoms with Crippen molar-refractivity contribution in [2.75, 3.05) is 0 Å². The number of halogens is 1. The van der Waals surface area contributed by atoms with Crippen molar-refractivity contribution in [2.45, 2.75) is 0 Å². The Kier molecular flexibility index (Phi) is 6.60. The van der Waals surface area contributed by atoms with Gasteiger partial charge in [0.15, 0.2) is 0 Å². The molecule has 0 bridgehead atoms. The quantitative estimate of drug-likeness (QED) is 0.193. The molecular formula is C20H13BrN4O5. The van der Waals surface area contributed by atoms with Gasteiger partial charge in [-0.05, 0) is 51.8 Å². The minimum absolute atomic E-state index is 0.120. The highest BCUT2D eigenvalue weighted by molar-refractivity contribution is 9.10. The first-order valence-corrected chi connectivity index (χ1v) is 9.22. The SMILES string of the molecule is O=C(NN=Cc1cccc(OC(=O)c2ccc([N+](=O)[O-])cc2)c1)c1cncc(Br)c1. The summed E-state index contributed by atoms with van der Waals surface area (Å²) in [5, 5.41) is 14.6. The van der Waals surface area contributed by atoms with Gasteiger partial charge in [-0.3, -0.25) is 19.9 Å². The summed E-state index contributed by atoms with van der Waals surface area (Å²) in [4.78, 5) is 38.3. The zero-order valence-corrected chi connectivity index (χ0v) is 16.8. The minimum atomic E-state index is -0.658. The van der Waals surface area contributed by atoms with Crippen LogP contribution in [0.5, 0.6) is 5.75 Å². The monoisotopic (exact) mass is 468 g/mol. The van der Waals surface area contributed by atoms with E-state index in [4.69, 9.17) is 4.74 Å². The van der Waals surface area contributed by atoms with Gasteiger partial charge in [-0.25, -0.2) is 10.2 Å². The van der Waals surface area contributed by atoms with Crippen molar-refractivity contribution >= 4 is 39.7 Å². The van der Waals surface area contributed by atoms with Crippen molar-refractivity contribution in [1.82, 2.24) is 10.4 Å². The molecule has 0 aliphatic carbocycles. The number of carbonyl (C=O) groups is 2. The Balaban J connectivity index is 1.62. The van der Waals surface area contributed by atoms with Crippen molar-refractivity contribution in [1.29, 1.82) is 0 Å². The lowest BCUT2D eigenvalue weighted by atomic mass is 10.2. The largest absolute Gasteiger partial charge is 0.423 e. The number of carbonyl (C=O) groups excluding carboxylic acids is 2. The predicted molar refractivity (Wildman–Crippen MR) is 111 cm³/mol. The van der Waals surface area contributed by atoms with Crippen molar-refractivity contribution in [3.63, 3.8) is 0 Å². The van der Waals surface area contributed by atoms with Crippen LogP contribution >= 0.6 is 15.9 Å². The lowest BCUT2D eigenvalue weighted by Gasteiger charge is -2.05. The number of nitro groups is 1. The number of nitrogens with zero attached hydrogens (tertiary/aromatic N) is 3. The third-order valence-corrected chi connectivity index (χ3v) is 4.16. The molecule has 0 saturated heterocycles. The summed E-state index contributed by atoms with van der Waals surface area (Å²) in [5.41, 5.74) is 3.36. The number of hydrazone groups is 1. The van der Waals surface area contributed by atoms with Gasteiger partial charge >= 0.3 is 5.97 Å². The summed E-state index contributed by atoms with van der Waals surface area (Å²) in [6.07, 6.45) is 4.37. The van der Waals surface area contributed by atoms with Gasteiger partial charge in [0.2, 0.25) is 0 Å². The smallest absolute Gasteiger partial charge is 0.343 e. The van der Waals surface area contributed by atoms with E-state index in [1.165, 1.54) is 36.7 Å². The second kappa shape index (κ2) is 9.52.